The summed E-state index contributed by atoms with van der Waals surface area (Å²) in [7, 11) is 2.38. The standard InChI is InChI=1S/C17H20N6O12/c1-8-12(16(24)32-4)14(15-18-5-11(20(15)3)21(26)27)13(9(2)19-8)17(25)35-10(6-33-22(28)29)7-34-23(30)31/h5,10,14,19H,6-7H2,1-4H3. The van der Waals surface area contributed by atoms with Gasteiger partial charge in [-0.1, -0.05) is 0 Å². The van der Waals surface area contributed by atoms with Crippen molar-refractivity contribution in [3.63, 3.8) is 0 Å². The summed E-state index contributed by atoms with van der Waals surface area (Å²) in [6.45, 7) is 1.14. The molecule has 1 aliphatic rings. The minimum atomic E-state index is -1.61. The van der Waals surface area contributed by atoms with E-state index in [1.54, 1.807) is 0 Å². The van der Waals surface area contributed by atoms with Crippen LogP contribution >= 0.6 is 0 Å². The molecule has 0 saturated heterocycles. The first-order valence-electron chi connectivity index (χ1n) is 9.57. The minimum absolute atomic E-state index is 0.0936. The second-order valence-electron chi connectivity index (χ2n) is 6.98. The van der Waals surface area contributed by atoms with E-state index in [4.69, 9.17) is 9.47 Å². The molecular formula is C17H20N6O12. The van der Waals surface area contributed by atoms with Crippen molar-refractivity contribution in [3.8, 4) is 0 Å². The Labute approximate surface area is 195 Å². The zero-order chi connectivity index (χ0) is 26.4. The number of hydrogen-bond donors (Lipinski definition) is 1. The van der Waals surface area contributed by atoms with Crippen molar-refractivity contribution in [2.24, 2.45) is 7.05 Å². The highest BCUT2D eigenvalue weighted by Crippen LogP contribution is 2.39. The number of imidazole rings is 1. The summed E-state index contributed by atoms with van der Waals surface area (Å²) in [5.41, 5.74) is 0.0338. The number of nitrogens with zero attached hydrogens (tertiary/aromatic N) is 5. The number of aromatic nitrogens is 2. The van der Waals surface area contributed by atoms with Gasteiger partial charge in [0.1, 0.15) is 31.4 Å². The molecule has 0 bridgehead atoms. The highest BCUT2D eigenvalue weighted by atomic mass is 17.0. The van der Waals surface area contributed by atoms with Gasteiger partial charge in [0.2, 0.25) is 5.82 Å². The van der Waals surface area contributed by atoms with Crippen molar-refractivity contribution in [3.05, 3.63) is 64.9 Å². The molecule has 18 heteroatoms. The van der Waals surface area contributed by atoms with E-state index in [0.717, 1.165) is 17.9 Å². The van der Waals surface area contributed by atoms with E-state index in [9.17, 15) is 39.9 Å². The monoisotopic (exact) mass is 500 g/mol. The zero-order valence-electron chi connectivity index (χ0n) is 18.8. The van der Waals surface area contributed by atoms with E-state index in [2.05, 4.69) is 20.0 Å². The lowest BCUT2D eigenvalue weighted by Gasteiger charge is -2.29. The number of rotatable bonds is 11. The van der Waals surface area contributed by atoms with Gasteiger partial charge in [0.05, 0.1) is 25.3 Å². The molecule has 0 fully saturated rings. The number of carbonyl (C=O) groups excluding carboxylic acids is 2. The molecule has 35 heavy (non-hydrogen) atoms. The maximum atomic E-state index is 13.2. The lowest BCUT2D eigenvalue weighted by atomic mass is 9.84. The molecule has 1 N–H and O–H groups in total. The van der Waals surface area contributed by atoms with Crippen LogP contribution < -0.4 is 5.32 Å². The average Bonchev–Trinajstić information content (AvgIpc) is 3.15. The minimum Gasteiger partial charge on any atom is -0.466 e. The number of ether oxygens (including phenoxy) is 2. The van der Waals surface area contributed by atoms with Crippen LogP contribution in [0.4, 0.5) is 5.82 Å². The zero-order valence-corrected chi connectivity index (χ0v) is 18.8. The van der Waals surface area contributed by atoms with Crippen molar-refractivity contribution in [2.45, 2.75) is 25.9 Å². The SMILES string of the molecule is COC(=O)C1=C(C)NC(C)=C(C(=O)OC(CO[N+](=O)[O-])CO[N+](=O)[O-])C1c1ncc([N+](=O)[O-])n1C. The third-order valence-electron chi connectivity index (χ3n) is 4.84. The van der Waals surface area contributed by atoms with Crippen LogP contribution in [-0.4, -0.2) is 63.0 Å². The quantitative estimate of drug-likeness (QED) is 0.241. The third kappa shape index (κ3) is 5.97. The van der Waals surface area contributed by atoms with E-state index in [-0.39, 0.29) is 28.4 Å². The molecule has 1 aromatic heterocycles. The van der Waals surface area contributed by atoms with Gasteiger partial charge in [-0.3, -0.25) is 0 Å². The van der Waals surface area contributed by atoms with Crippen molar-refractivity contribution in [1.29, 1.82) is 0 Å². The number of hydrogen-bond acceptors (Lipinski definition) is 14. The number of allylic oxidation sites excluding steroid dienone is 2. The first-order valence-corrected chi connectivity index (χ1v) is 9.57. The van der Waals surface area contributed by atoms with E-state index in [1.165, 1.54) is 20.9 Å². The fraction of sp³-hybridized carbons (Fsp3) is 0.471. The van der Waals surface area contributed by atoms with Crippen LogP contribution in [0.2, 0.25) is 0 Å². The predicted molar refractivity (Wildman–Crippen MR) is 109 cm³/mol. The summed E-state index contributed by atoms with van der Waals surface area (Å²) in [5.74, 6) is -3.92. The van der Waals surface area contributed by atoms with E-state index in [0.29, 0.717) is 0 Å². The maximum Gasteiger partial charge on any atom is 0.342 e. The van der Waals surface area contributed by atoms with E-state index in [1.807, 2.05) is 0 Å². The van der Waals surface area contributed by atoms with Crippen molar-refractivity contribution >= 4 is 17.8 Å². The van der Waals surface area contributed by atoms with E-state index < -0.39 is 58.1 Å². The van der Waals surface area contributed by atoms with Crippen molar-refractivity contribution < 1.29 is 43.8 Å². The molecule has 0 aliphatic carbocycles. The van der Waals surface area contributed by atoms with Gasteiger partial charge in [-0.15, -0.1) is 20.2 Å². The van der Waals surface area contributed by atoms with Crippen LogP contribution in [-0.2, 0) is 35.8 Å². The molecule has 0 aromatic carbocycles. The smallest absolute Gasteiger partial charge is 0.342 e. The molecule has 0 saturated carbocycles. The predicted octanol–water partition coefficient (Wildman–Crippen LogP) is 0.0645. The summed E-state index contributed by atoms with van der Waals surface area (Å²) in [4.78, 5) is 69.7. The number of dihydropyridines is 1. The Kier molecular flexibility index (Phi) is 8.25. The Bertz CT molecular complexity index is 1100. The second-order valence-corrected chi connectivity index (χ2v) is 6.98. The van der Waals surface area contributed by atoms with Crippen LogP contribution in [0.3, 0.4) is 0 Å². The molecule has 18 nitrogen and oxygen atoms in total. The van der Waals surface area contributed by atoms with Crippen molar-refractivity contribution in [1.82, 2.24) is 14.9 Å². The van der Waals surface area contributed by atoms with Gasteiger partial charge in [-0.05, 0) is 18.8 Å². The lowest BCUT2D eigenvalue weighted by molar-refractivity contribution is -0.768. The van der Waals surface area contributed by atoms with Crippen LogP contribution in [0.15, 0.2) is 28.7 Å². The molecular weight excluding hydrogens is 480 g/mol. The normalized spacial score (nSPS) is 15.4. The number of nitrogens with one attached hydrogen (secondary N) is 1. The summed E-state index contributed by atoms with van der Waals surface area (Å²) < 4.78 is 11.0. The highest BCUT2D eigenvalue weighted by molar-refractivity contribution is 5.99. The van der Waals surface area contributed by atoms with Gasteiger partial charge in [0.15, 0.2) is 0 Å². The number of esters is 2. The molecule has 0 spiro atoms. The fourth-order valence-electron chi connectivity index (χ4n) is 3.37. The molecule has 2 heterocycles. The van der Waals surface area contributed by atoms with Gasteiger partial charge in [-0.2, -0.15) is 0 Å². The molecule has 1 aliphatic heterocycles. The Hall–Kier alpha value is -4.77. The van der Waals surface area contributed by atoms with Crippen LogP contribution in [0.1, 0.15) is 25.6 Å². The van der Waals surface area contributed by atoms with Crippen LogP contribution in [0.25, 0.3) is 0 Å². The molecule has 0 radical (unpaired) electrons. The van der Waals surface area contributed by atoms with Gasteiger partial charge in [-0.25, -0.2) is 19.1 Å². The Morgan fingerprint density at radius 2 is 1.57 bits per heavy atom. The molecule has 2 rings (SSSR count). The molecule has 0 amide bonds. The van der Waals surface area contributed by atoms with Crippen molar-refractivity contribution in [2.75, 3.05) is 20.3 Å². The van der Waals surface area contributed by atoms with Crippen LogP contribution in [0, 0.1) is 30.3 Å². The second kappa shape index (κ2) is 10.9. The van der Waals surface area contributed by atoms with Crippen LogP contribution in [0.5, 0.6) is 0 Å². The van der Waals surface area contributed by atoms with Gasteiger partial charge >= 0.3 is 17.8 Å². The van der Waals surface area contributed by atoms with E-state index >= 15 is 0 Å². The molecule has 1 atom stereocenters. The summed E-state index contributed by atoms with van der Waals surface area (Å²) >= 11 is 0. The fourth-order valence-corrected chi connectivity index (χ4v) is 3.37. The average molecular weight is 500 g/mol. The lowest BCUT2D eigenvalue weighted by Crippen LogP contribution is -2.36. The summed E-state index contributed by atoms with van der Waals surface area (Å²) in [6.07, 6.45) is -0.679. The molecule has 190 valence electrons. The topological polar surface area (TPSA) is 230 Å². The first kappa shape index (κ1) is 26.5. The van der Waals surface area contributed by atoms with Gasteiger partial charge < -0.3 is 34.6 Å². The van der Waals surface area contributed by atoms with Gasteiger partial charge in [0, 0.05) is 11.4 Å². The summed E-state index contributed by atoms with van der Waals surface area (Å²) in [5, 5.41) is 32.8. The highest BCUT2D eigenvalue weighted by Gasteiger charge is 2.43. The Morgan fingerprint density at radius 1 is 1.06 bits per heavy atom. The Morgan fingerprint density at radius 3 is 2.00 bits per heavy atom. The number of nitro groups is 1. The van der Waals surface area contributed by atoms with Gasteiger partial charge in [0.25, 0.3) is 10.2 Å². The molecule has 1 unspecified atom stereocenters. The maximum absolute atomic E-state index is 13.2. The number of methoxy groups -OCH3 is 1. The Balaban J connectivity index is 2.55. The number of carbonyl (C=O) groups is 2. The largest absolute Gasteiger partial charge is 0.466 e. The first-order chi connectivity index (χ1) is 16.4. The molecule has 1 aromatic rings. The summed E-state index contributed by atoms with van der Waals surface area (Å²) in [6, 6.07) is 0. The third-order valence-corrected chi connectivity index (χ3v) is 4.84.